The summed E-state index contributed by atoms with van der Waals surface area (Å²) in [6.45, 7) is 0.451. The Morgan fingerprint density at radius 2 is 2.00 bits per heavy atom. The Bertz CT molecular complexity index is 591. The maximum absolute atomic E-state index is 11.6. The highest BCUT2D eigenvalue weighted by molar-refractivity contribution is 6.32. The van der Waals surface area contributed by atoms with Crippen molar-refractivity contribution in [3.05, 3.63) is 63.9 Å². The Morgan fingerprint density at radius 3 is 2.75 bits per heavy atom. The molecular weight excluding hydrogens is 299 g/mol. The molecule has 2 aromatic rings. The molecule has 0 saturated carbocycles. The first kappa shape index (κ1) is 14.6. The number of pyridine rings is 1. The quantitative estimate of drug-likeness (QED) is 0.873. The Kier molecular flexibility index (Phi) is 5.21. The third kappa shape index (κ3) is 4.40. The van der Waals surface area contributed by atoms with Gasteiger partial charge in [-0.25, -0.2) is 9.78 Å². The topological polar surface area (TPSA) is 51.2 Å². The number of alkyl carbamates (subject to hydrolysis) is 1. The second kappa shape index (κ2) is 7.12. The SMILES string of the molecule is O=C(NCc1cc(Cl)ncc1Cl)OCc1ccccc1. The minimum Gasteiger partial charge on any atom is -0.445 e. The van der Waals surface area contributed by atoms with Crippen LogP contribution < -0.4 is 5.32 Å². The molecule has 0 saturated heterocycles. The molecule has 20 heavy (non-hydrogen) atoms. The smallest absolute Gasteiger partial charge is 0.407 e. The van der Waals surface area contributed by atoms with Gasteiger partial charge in [-0.1, -0.05) is 53.5 Å². The van der Waals surface area contributed by atoms with Crippen LogP contribution in [0.2, 0.25) is 10.2 Å². The second-order valence-electron chi connectivity index (χ2n) is 4.01. The molecule has 104 valence electrons. The van der Waals surface area contributed by atoms with Gasteiger partial charge >= 0.3 is 6.09 Å². The van der Waals surface area contributed by atoms with Crippen LogP contribution in [-0.4, -0.2) is 11.1 Å². The van der Waals surface area contributed by atoms with Crippen LogP contribution in [0.3, 0.4) is 0 Å². The molecule has 0 aliphatic rings. The van der Waals surface area contributed by atoms with Gasteiger partial charge in [-0.15, -0.1) is 0 Å². The number of benzene rings is 1. The van der Waals surface area contributed by atoms with E-state index < -0.39 is 6.09 Å². The summed E-state index contributed by atoms with van der Waals surface area (Å²) < 4.78 is 5.08. The average Bonchev–Trinajstić information content (AvgIpc) is 2.47. The Hall–Kier alpha value is -1.78. The van der Waals surface area contributed by atoms with Crippen molar-refractivity contribution in [3.63, 3.8) is 0 Å². The highest BCUT2D eigenvalue weighted by atomic mass is 35.5. The van der Waals surface area contributed by atoms with Gasteiger partial charge < -0.3 is 10.1 Å². The molecule has 4 nitrogen and oxygen atoms in total. The number of aromatic nitrogens is 1. The number of rotatable bonds is 4. The molecule has 1 N–H and O–H groups in total. The summed E-state index contributed by atoms with van der Waals surface area (Å²) in [4.78, 5) is 15.4. The summed E-state index contributed by atoms with van der Waals surface area (Å²) in [5, 5.41) is 3.37. The van der Waals surface area contributed by atoms with Crippen LogP contribution in [0.4, 0.5) is 4.79 Å². The number of nitrogens with one attached hydrogen (secondary N) is 1. The number of amides is 1. The molecule has 0 fully saturated rings. The van der Waals surface area contributed by atoms with Crippen LogP contribution in [0.25, 0.3) is 0 Å². The predicted octanol–water partition coefficient (Wildman–Crippen LogP) is 3.81. The Morgan fingerprint density at radius 1 is 1.25 bits per heavy atom. The van der Waals surface area contributed by atoms with Gasteiger partial charge in [0.2, 0.25) is 0 Å². The summed E-state index contributed by atoms with van der Waals surface area (Å²) in [6.07, 6.45) is 0.925. The molecular formula is C14H12Cl2N2O2. The molecule has 0 radical (unpaired) electrons. The number of ether oxygens (including phenoxy) is 1. The first-order chi connectivity index (χ1) is 9.65. The van der Waals surface area contributed by atoms with Crippen LogP contribution in [0.15, 0.2) is 42.6 Å². The van der Waals surface area contributed by atoms with Gasteiger partial charge in [0.25, 0.3) is 0 Å². The first-order valence-corrected chi connectivity index (χ1v) is 6.65. The lowest BCUT2D eigenvalue weighted by Gasteiger charge is -2.08. The molecule has 0 aliphatic carbocycles. The molecule has 0 unspecified atom stereocenters. The predicted molar refractivity (Wildman–Crippen MR) is 77.7 cm³/mol. The zero-order valence-corrected chi connectivity index (χ0v) is 12.0. The first-order valence-electron chi connectivity index (χ1n) is 5.89. The number of hydrogen-bond acceptors (Lipinski definition) is 3. The summed E-state index contributed by atoms with van der Waals surface area (Å²) >= 11 is 11.7. The zero-order chi connectivity index (χ0) is 14.4. The van der Waals surface area contributed by atoms with Gasteiger partial charge in [0.15, 0.2) is 0 Å². The van der Waals surface area contributed by atoms with Crippen LogP contribution >= 0.6 is 23.2 Å². The monoisotopic (exact) mass is 310 g/mol. The number of carbonyl (C=O) groups excluding carboxylic acids is 1. The second-order valence-corrected chi connectivity index (χ2v) is 4.81. The fraction of sp³-hybridized carbons (Fsp3) is 0.143. The van der Waals surface area contributed by atoms with E-state index in [-0.39, 0.29) is 13.2 Å². The minimum absolute atomic E-state index is 0.220. The van der Waals surface area contributed by atoms with E-state index in [0.29, 0.717) is 15.7 Å². The van der Waals surface area contributed by atoms with Gasteiger partial charge in [0, 0.05) is 12.7 Å². The van der Waals surface area contributed by atoms with E-state index in [0.717, 1.165) is 5.56 Å². The van der Waals surface area contributed by atoms with Crippen LogP contribution in [0, 0.1) is 0 Å². The van der Waals surface area contributed by atoms with Gasteiger partial charge in [-0.05, 0) is 17.2 Å². The van der Waals surface area contributed by atoms with E-state index >= 15 is 0 Å². The third-order valence-electron chi connectivity index (χ3n) is 2.54. The molecule has 0 atom stereocenters. The number of carbonyl (C=O) groups is 1. The highest BCUT2D eigenvalue weighted by Crippen LogP contribution is 2.17. The van der Waals surface area contributed by atoms with Crippen molar-refractivity contribution in [3.8, 4) is 0 Å². The van der Waals surface area contributed by atoms with Gasteiger partial charge in [-0.2, -0.15) is 0 Å². The van der Waals surface area contributed by atoms with Crippen molar-refractivity contribution in [2.75, 3.05) is 0 Å². The Balaban J connectivity index is 1.82. The molecule has 1 heterocycles. The van der Waals surface area contributed by atoms with Gasteiger partial charge in [0.05, 0.1) is 5.02 Å². The lowest BCUT2D eigenvalue weighted by Crippen LogP contribution is -2.23. The van der Waals surface area contributed by atoms with E-state index in [2.05, 4.69) is 10.3 Å². The van der Waals surface area contributed by atoms with Crippen LogP contribution in [0.1, 0.15) is 11.1 Å². The van der Waals surface area contributed by atoms with E-state index in [4.69, 9.17) is 27.9 Å². The van der Waals surface area contributed by atoms with Crippen molar-refractivity contribution in [2.24, 2.45) is 0 Å². The summed E-state index contributed by atoms with van der Waals surface area (Å²) in [7, 11) is 0. The molecule has 1 aromatic heterocycles. The molecule has 1 aromatic carbocycles. The average molecular weight is 311 g/mol. The van der Waals surface area contributed by atoms with Gasteiger partial charge in [-0.3, -0.25) is 0 Å². The molecule has 0 spiro atoms. The normalized spacial score (nSPS) is 10.1. The summed E-state index contributed by atoms with van der Waals surface area (Å²) in [5.41, 5.74) is 1.61. The standard InChI is InChI=1S/C14H12Cl2N2O2/c15-12-8-17-13(16)6-11(12)7-18-14(19)20-9-10-4-2-1-3-5-10/h1-6,8H,7,9H2,(H,18,19). The third-order valence-corrected chi connectivity index (χ3v) is 3.08. The fourth-order valence-corrected chi connectivity index (χ4v) is 1.88. The largest absolute Gasteiger partial charge is 0.445 e. The zero-order valence-electron chi connectivity index (χ0n) is 10.5. The lowest BCUT2D eigenvalue weighted by molar-refractivity contribution is 0.139. The highest BCUT2D eigenvalue weighted by Gasteiger charge is 2.06. The molecule has 0 aliphatic heterocycles. The van der Waals surface area contributed by atoms with Crippen molar-refractivity contribution in [1.82, 2.24) is 10.3 Å². The molecule has 0 bridgehead atoms. The van der Waals surface area contributed by atoms with Gasteiger partial charge in [0.1, 0.15) is 11.8 Å². The maximum atomic E-state index is 11.6. The van der Waals surface area contributed by atoms with Crippen molar-refractivity contribution < 1.29 is 9.53 Å². The van der Waals surface area contributed by atoms with Crippen LogP contribution in [0.5, 0.6) is 0 Å². The molecule has 2 rings (SSSR count). The van der Waals surface area contributed by atoms with E-state index in [9.17, 15) is 4.79 Å². The summed E-state index contributed by atoms with van der Waals surface area (Å²) in [5.74, 6) is 0. The van der Waals surface area contributed by atoms with E-state index in [1.807, 2.05) is 30.3 Å². The molecule has 6 heteroatoms. The fourth-order valence-electron chi connectivity index (χ4n) is 1.53. The Labute approximate surface area is 126 Å². The van der Waals surface area contributed by atoms with Crippen molar-refractivity contribution in [1.29, 1.82) is 0 Å². The van der Waals surface area contributed by atoms with Crippen molar-refractivity contribution >= 4 is 29.3 Å². The van der Waals surface area contributed by atoms with E-state index in [1.165, 1.54) is 6.20 Å². The van der Waals surface area contributed by atoms with Crippen molar-refractivity contribution in [2.45, 2.75) is 13.2 Å². The van der Waals surface area contributed by atoms with E-state index in [1.54, 1.807) is 6.07 Å². The minimum atomic E-state index is -0.516. The number of nitrogens with zero attached hydrogens (tertiary/aromatic N) is 1. The lowest BCUT2D eigenvalue weighted by atomic mass is 10.2. The summed E-state index contributed by atoms with van der Waals surface area (Å²) in [6, 6.07) is 11.0. The number of halogens is 2. The molecule has 1 amide bonds. The maximum Gasteiger partial charge on any atom is 0.407 e. The number of hydrogen-bond donors (Lipinski definition) is 1. The van der Waals surface area contributed by atoms with Crippen LogP contribution in [-0.2, 0) is 17.9 Å².